The summed E-state index contributed by atoms with van der Waals surface area (Å²) in [6, 6.07) is 17.0. The molecular weight excluding hydrogens is 482 g/mol. The number of esters is 1. The van der Waals surface area contributed by atoms with Gasteiger partial charge in [0, 0.05) is 46.8 Å². The Morgan fingerprint density at radius 1 is 1.03 bits per heavy atom. The van der Waals surface area contributed by atoms with E-state index in [4.69, 9.17) is 18.9 Å². The fourth-order valence-corrected chi connectivity index (χ4v) is 5.54. The molecule has 0 unspecified atom stereocenters. The van der Waals surface area contributed by atoms with Crippen molar-refractivity contribution in [1.29, 1.82) is 0 Å². The molecule has 1 atom stereocenters. The van der Waals surface area contributed by atoms with E-state index in [1.165, 1.54) is 0 Å². The molecule has 0 aliphatic carbocycles. The minimum atomic E-state index is -0.330. The molecule has 4 heterocycles. The maximum Gasteiger partial charge on any atom is 0.312 e. The molecule has 3 aliphatic rings. The lowest BCUT2D eigenvalue weighted by Gasteiger charge is -2.29. The Morgan fingerprint density at radius 3 is 2.76 bits per heavy atom. The molecule has 3 aromatic carbocycles. The van der Waals surface area contributed by atoms with Crippen molar-refractivity contribution in [3.63, 3.8) is 0 Å². The highest BCUT2D eigenvalue weighted by Gasteiger charge is 2.39. The molecular formula is C31H23NO6. The number of aryl methyl sites for hydroxylation is 1. The van der Waals surface area contributed by atoms with E-state index >= 15 is 0 Å². The number of allylic oxidation sites excluding steroid dienone is 1. The smallest absolute Gasteiger partial charge is 0.312 e. The number of carbonyl (C=O) groups excluding carboxylic acids is 2. The van der Waals surface area contributed by atoms with Gasteiger partial charge in [-0.25, -0.2) is 0 Å². The first-order valence-electron chi connectivity index (χ1n) is 12.4. The Kier molecular flexibility index (Phi) is 4.94. The van der Waals surface area contributed by atoms with Gasteiger partial charge in [0.05, 0.1) is 19.1 Å². The van der Waals surface area contributed by atoms with Gasteiger partial charge in [-0.1, -0.05) is 18.2 Å². The van der Waals surface area contributed by atoms with Crippen LogP contribution in [0.15, 0.2) is 72.1 Å². The Morgan fingerprint density at radius 2 is 1.89 bits per heavy atom. The molecule has 0 saturated heterocycles. The topological polar surface area (TPSA) is 76.0 Å². The molecule has 0 bridgehead atoms. The van der Waals surface area contributed by atoms with Crippen molar-refractivity contribution in [2.75, 3.05) is 13.7 Å². The van der Waals surface area contributed by atoms with Crippen molar-refractivity contribution >= 4 is 34.8 Å². The number of ether oxygens (including phenoxy) is 4. The van der Waals surface area contributed by atoms with Crippen molar-refractivity contribution < 1.29 is 28.5 Å². The van der Waals surface area contributed by atoms with Crippen molar-refractivity contribution in [3.05, 3.63) is 94.4 Å². The molecule has 0 radical (unpaired) electrons. The van der Waals surface area contributed by atoms with Crippen LogP contribution in [0.4, 0.5) is 0 Å². The number of benzene rings is 3. The fourth-order valence-electron chi connectivity index (χ4n) is 5.54. The Balaban J connectivity index is 1.32. The summed E-state index contributed by atoms with van der Waals surface area (Å²) in [5, 5.41) is 0.948. The van der Waals surface area contributed by atoms with E-state index in [-0.39, 0.29) is 29.9 Å². The maximum atomic E-state index is 13.5. The summed E-state index contributed by atoms with van der Waals surface area (Å²) in [4.78, 5) is 26.0. The fraction of sp³-hybridized carbons (Fsp3) is 0.161. The summed E-state index contributed by atoms with van der Waals surface area (Å²) in [5.74, 6) is 1.74. The van der Waals surface area contributed by atoms with Crippen molar-refractivity contribution in [1.82, 2.24) is 4.57 Å². The number of nitrogens with zero attached hydrogens (tertiary/aromatic N) is 1. The number of hydrogen-bond donors (Lipinski definition) is 0. The average Bonchev–Trinajstić information content (AvgIpc) is 3.42. The second-order valence-corrected chi connectivity index (χ2v) is 9.65. The van der Waals surface area contributed by atoms with Gasteiger partial charge in [0.1, 0.15) is 29.6 Å². The van der Waals surface area contributed by atoms with Crippen LogP contribution in [0.5, 0.6) is 23.0 Å². The number of methoxy groups -OCH3 is 1. The maximum absolute atomic E-state index is 13.5. The molecule has 0 spiro atoms. The molecule has 7 heteroatoms. The standard InChI is InChI=1S/C31H23NO6/c1-32-15-18(22-13-20(35-2)7-9-24(22)32)12-27-30(34)21-8-10-26-29(31(21)38-27)23(14-28(33)37-26)19-11-17-5-3-4-6-25(17)36-16-19/h3-13,15,23H,14,16H2,1-2H3/b27-12-/t23-/m0/s1. The predicted octanol–water partition coefficient (Wildman–Crippen LogP) is 5.67. The normalized spacial score (nSPS) is 18.7. The van der Waals surface area contributed by atoms with E-state index in [2.05, 4.69) is 6.08 Å². The number of aromatic nitrogens is 1. The largest absolute Gasteiger partial charge is 0.497 e. The number of carbonyl (C=O) groups is 2. The molecule has 3 aliphatic heterocycles. The number of fused-ring (bicyclic) bond motifs is 5. The average molecular weight is 506 g/mol. The van der Waals surface area contributed by atoms with Crippen LogP contribution in [0, 0.1) is 0 Å². The van der Waals surface area contributed by atoms with E-state index in [9.17, 15) is 9.59 Å². The first-order chi connectivity index (χ1) is 18.5. The van der Waals surface area contributed by atoms with Gasteiger partial charge < -0.3 is 23.5 Å². The molecule has 0 amide bonds. The van der Waals surface area contributed by atoms with Crippen molar-refractivity contribution in [2.24, 2.45) is 7.05 Å². The Hall–Kier alpha value is -4.78. The highest BCUT2D eigenvalue weighted by atomic mass is 16.5. The Labute approximate surface area is 218 Å². The van der Waals surface area contributed by atoms with Crippen LogP contribution >= 0.6 is 0 Å². The van der Waals surface area contributed by atoms with Gasteiger partial charge in [0.25, 0.3) is 0 Å². The third kappa shape index (κ3) is 3.43. The summed E-state index contributed by atoms with van der Waals surface area (Å²) < 4.78 is 25.3. The van der Waals surface area contributed by atoms with E-state index in [0.717, 1.165) is 39.1 Å². The molecule has 7 nitrogen and oxygen atoms in total. The second kappa shape index (κ2) is 8.38. The molecule has 0 N–H and O–H groups in total. The van der Waals surface area contributed by atoms with Gasteiger partial charge in [-0.2, -0.15) is 0 Å². The first kappa shape index (κ1) is 22.4. The van der Waals surface area contributed by atoms with Crippen LogP contribution in [0.2, 0.25) is 0 Å². The van der Waals surface area contributed by atoms with E-state index in [1.54, 1.807) is 25.3 Å². The zero-order valence-corrected chi connectivity index (χ0v) is 20.8. The summed E-state index contributed by atoms with van der Waals surface area (Å²) in [6.45, 7) is 0.340. The van der Waals surface area contributed by atoms with E-state index < -0.39 is 0 Å². The Bertz CT molecular complexity index is 1740. The number of para-hydroxylation sites is 1. The monoisotopic (exact) mass is 505 g/mol. The highest BCUT2D eigenvalue weighted by Crippen LogP contribution is 2.50. The number of hydrogen-bond acceptors (Lipinski definition) is 6. The van der Waals surface area contributed by atoms with Gasteiger partial charge in [-0.15, -0.1) is 0 Å². The molecule has 188 valence electrons. The summed E-state index contributed by atoms with van der Waals surface area (Å²) >= 11 is 0. The summed E-state index contributed by atoms with van der Waals surface area (Å²) in [6.07, 6.45) is 5.92. The predicted molar refractivity (Wildman–Crippen MR) is 142 cm³/mol. The van der Waals surface area contributed by atoms with E-state index in [0.29, 0.717) is 29.2 Å². The van der Waals surface area contributed by atoms with Crippen LogP contribution < -0.4 is 18.9 Å². The van der Waals surface area contributed by atoms with Crippen LogP contribution in [0.25, 0.3) is 23.1 Å². The minimum Gasteiger partial charge on any atom is -0.497 e. The van der Waals surface area contributed by atoms with E-state index in [1.807, 2.05) is 60.3 Å². The quantitative estimate of drug-likeness (QED) is 0.203. The van der Waals surface area contributed by atoms with Crippen LogP contribution in [-0.2, 0) is 11.8 Å². The zero-order chi connectivity index (χ0) is 26.0. The first-order valence-corrected chi connectivity index (χ1v) is 12.4. The van der Waals surface area contributed by atoms with Crippen molar-refractivity contribution in [3.8, 4) is 23.0 Å². The van der Waals surface area contributed by atoms with Crippen LogP contribution in [0.3, 0.4) is 0 Å². The molecule has 4 aromatic rings. The number of rotatable bonds is 3. The van der Waals surface area contributed by atoms with Gasteiger partial charge >= 0.3 is 5.97 Å². The molecule has 1 aromatic heterocycles. The SMILES string of the molecule is COc1ccc2c(c1)c(/C=C1\Oc3c(ccc4c3[C@H](C3=Cc5ccccc5OC3)CC(=O)O4)C1=O)cn2C. The minimum absolute atomic E-state index is 0.139. The van der Waals surface area contributed by atoms with Crippen molar-refractivity contribution in [2.45, 2.75) is 12.3 Å². The zero-order valence-electron chi connectivity index (χ0n) is 20.8. The van der Waals surface area contributed by atoms with Crippen LogP contribution in [0.1, 0.15) is 39.4 Å². The number of ketones is 1. The lowest BCUT2D eigenvalue weighted by Crippen LogP contribution is -2.24. The lowest BCUT2D eigenvalue weighted by atomic mass is 9.83. The third-order valence-electron chi connectivity index (χ3n) is 7.40. The van der Waals surface area contributed by atoms with Gasteiger partial charge in [0.15, 0.2) is 5.76 Å². The van der Waals surface area contributed by atoms with Gasteiger partial charge in [-0.3, -0.25) is 9.59 Å². The molecule has 0 saturated carbocycles. The van der Waals surface area contributed by atoms with Gasteiger partial charge in [0.2, 0.25) is 5.78 Å². The summed E-state index contributed by atoms with van der Waals surface area (Å²) in [7, 11) is 3.58. The molecule has 0 fully saturated rings. The molecule has 38 heavy (non-hydrogen) atoms. The number of Topliss-reactive ketones (excluding diaryl/α,β-unsaturated/α-hetero) is 1. The van der Waals surface area contributed by atoms with Gasteiger partial charge in [-0.05, 0) is 54.1 Å². The van der Waals surface area contributed by atoms with Crippen LogP contribution in [-0.4, -0.2) is 30.0 Å². The lowest BCUT2D eigenvalue weighted by molar-refractivity contribution is -0.135. The third-order valence-corrected chi connectivity index (χ3v) is 7.40. The second-order valence-electron chi connectivity index (χ2n) is 9.65. The molecule has 7 rings (SSSR count). The highest BCUT2D eigenvalue weighted by molar-refractivity contribution is 6.16. The summed E-state index contributed by atoms with van der Waals surface area (Å²) in [5.41, 5.74) is 4.89.